The van der Waals surface area contributed by atoms with Crippen molar-refractivity contribution in [3.63, 3.8) is 0 Å². The smallest absolute Gasteiger partial charge is 0.123 e. The van der Waals surface area contributed by atoms with Gasteiger partial charge in [-0.05, 0) is 49.6 Å². The number of nitrogens with one attached hydrogen (secondary N) is 1. The average Bonchev–Trinajstić information content (AvgIpc) is 2.35. The molecule has 0 saturated carbocycles. The molecular weight excluding hydrogens is 205 g/mol. The highest BCUT2D eigenvalue weighted by Crippen LogP contribution is 2.32. The van der Waals surface area contributed by atoms with E-state index in [9.17, 15) is 4.39 Å². The van der Waals surface area contributed by atoms with Crippen LogP contribution < -0.4 is 10.1 Å². The minimum absolute atomic E-state index is 0.142. The second-order valence-electron chi connectivity index (χ2n) is 4.13. The zero-order valence-electron chi connectivity index (χ0n) is 9.63. The van der Waals surface area contributed by atoms with E-state index in [-0.39, 0.29) is 6.61 Å². The van der Waals surface area contributed by atoms with Crippen molar-refractivity contribution in [1.82, 2.24) is 5.32 Å². The summed E-state index contributed by atoms with van der Waals surface area (Å²) in [6, 6.07) is 6.50. The molecule has 0 fully saturated rings. The molecule has 2 rings (SSSR count). The predicted molar refractivity (Wildman–Crippen MR) is 62.7 cm³/mol. The van der Waals surface area contributed by atoms with Crippen LogP contribution in [0.1, 0.15) is 30.0 Å². The number of alkyl halides is 1. The van der Waals surface area contributed by atoms with E-state index in [0.717, 1.165) is 18.6 Å². The standard InChI is InChI=1S/C13H18FNO/c1-15-13-4-2-3-10-5-6-11(9-12(10)13)16-8-7-14/h5-6,9,13,15H,2-4,7-8H2,1H3. The molecule has 0 aliphatic heterocycles. The quantitative estimate of drug-likeness (QED) is 0.847. The molecule has 0 bridgehead atoms. The molecule has 88 valence electrons. The summed E-state index contributed by atoms with van der Waals surface area (Å²) in [6.45, 7) is -0.296. The van der Waals surface area contributed by atoms with Crippen LogP contribution >= 0.6 is 0 Å². The van der Waals surface area contributed by atoms with E-state index in [1.165, 1.54) is 17.5 Å². The van der Waals surface area contributed by atoms with Gasteiger partial charge in [0.15, 0.2) is 0 Å². The predicted octanol–water partition coefficient (Wildman–Crippen LogP) is 2.63. The number of hydrogen-bond acceptors (Lipinski definition) is 2. The van der Waals surface area contributed by atoms with Gasteiger partial charge in [-0.3, -0.25) is 0 Å². The average molecular weight is 223 g/mol. The van der Waals surface area contributed by atoms with Crippen LogP contribution in [-0.4, -0.2) is 20.3 Å². The molecule has 2 nitrogen and oxygen atoms in total. The van der Waals surface area contributed by atoms with E-state index in [2.05, 4.69) is 11.4 Å². The van der Waals surface area contributed by atoms with Gasteiger partial charge in [-0.25, -0.2) is 4.39 Å². The van der Waals surface area contributed by atoms with Gasteiger partial charge in [-0.15, -0.1) is 0 Å². The molecule has 16 heavy (non-hydrogen) atoms. The van der Waals surface area contributed by atoms with Gasteiger partial charge < -0.3 is 10.1 Å². The molecule has 1 atom stereocenters. The van der Waals surface area contributed by atoms with Crippen LogP contribution in [-0.2, 0) is 6.42 Å². The van der Waals surface area contributed by atoms with Crippen molar-refractivity contribution in [3.8, 4) is 5.75 Å². The van der Waals surface area contributed by atoms with E-state index in [1.54, 1.807) is 0 Å². The third-order valence-corrected chi connectivity index (χ3v) is 3.13. The van der Waals surface area contributed by atoms with E-state index in [4.69, 9.17) is 4.74 Å². The molecule has 1 aromatic carbocycles. The molecule has 1 N–H and O–H groups in total. The highest BCUT2D eigenvalue weighted by atomic mass is 19.1. The first-order valence-corrected chi connectivity index (χ1v) is 5.84. The first-order chi connectivity index (χ1) is 7.85. The Labute approximate surface area is 95.8 Å². The molecule has 0 radical (unpaired) electrons. The number of hydrogen-bond donors (Lipinski definition) is 1. The van der Waals surface area contributed by atoms with Crippen LogP contribution in [0.5, 0.6) is 5.75 Å². The fourth-order valence-corrected chi connectivity index (χ4v) is 2.32. The molecule has 3 heteroatoms. The zero-order chi connectivity index (χ0) is 11.4. The number of halogens is 1. The zero-order valence-corrected chi connectivity index (χ0v) is 9.63. The lowest BCUT2D eigenvalue weighted by atomic mass is 9.87. The fraction of sp³-hybridized carbons (Fsp3) is 0.538. The van der Waals surface area contributed by atoms with Crippen molar-refractivity contribution >= 4 is 0 Å². The summed E-state index contributed by atoms with van der Waals surface area (Å²) < 4.78 is 17.3. The molecule has 0 aromatic heterocycles. The second-order valence-corrected chi connectivity index (χ2v) is 4.13. The lowest BCUT2D eigenvalue weighted by Crippen LogP contribution is -2.21. The molecule has 1 aliphatic carbocycles. The summed E-state index contributed by atoms with van der Waals surface area (Å²) in [6.07, 6.45) is 3.52. The topological polar surface area (TPSA) is 21.3 Å². The number of benzene rings is 1. The van der Waals surface area contributed by atoms with Gasteiger partial charge in [0.25, 0.3) is 0 Å². The molecular formula is C13H18FNO. The summed E-state index contributed by atoms with van der Waals surface area (Å²) in [5.41, 5.74) is 2.70. The minimum atomic E-state index is -0.438. The van der Waals surface area contributed by atoms with E-state index in [1.807, 2.05) is 19.2 Å². The minimum Gasteiger partial charge on any atom is -0.491 e. The van der Waals surface area contributed by atoms with Crippen molar-refractivity contribution in [2.24, 2.45) is 0 Å². The highest BCUT2D eigenvalue weighted by molar-refractivity contribution is 5.39. The van der Waals surface area contributed by atoms with Gasteiger partial charge in [0.1, 0.15) is 19.0 Å². The van der Waals surface area contributed by atoms with E-state index in [0.29, 0.717) is 6.04 Å². The summed E-state index contributed by atoms with van der Waals surface area (Å²) in [7, 11) is 1.98. The molecule has 0 saturated heterocycles. The maximum atomic E-state index is 12.0. The fourth-order valence-electron chi connectivity index (χ4n) is 2.32. The summed E-state index contributed by atoms with van der Waals surface area (Å²) in [4.78, 5) is 0. The molecule has 1 aliphatic rings. The number of rotatable bonds is 4. The number of aryl methyl sites for hydroxylation is 1. The highest BCUT2D eigenvalue weighted by Gasteiger charge is 2.18. The van der Waals surface area contributed by atoms with Crippen LogP contribution in [0.25, 0.3) is 0 Å². The Morgan fingerprint density at radius 2 is 2.38 bits per heavy atom. The van der Waals surface area contributed by atoms with Crippen molar-refractivity contribution in [2.45, 2.75) is 25.3 Å². The van der Waals surface area contributed by atoms with Gasteiger partial charge in [0, 0.05) is 6.04 Å². The Kier molecular flexibility index (Phi) is 3.78. The normalized spacial score (nSPS) is 19.2. The Hall–Kier alpha value is -1.09. The van der Waals surface area contributed by atoms with E-state index >= 15 is 0 Å². The Morgan fingerprint density at radius 1 is 1.50 bits per heavy atom. The van der Waals surface area contributed by atoms with Crippen LogP contribution in [0.3, 0.4) is 0 Å². The third kappa shape index (κ3) is 2.35. The van der Waals surface area contributed by atoms with Crippen LogP contribution in [0.2, 0.25) is 0 Å². The van der Waals surface area contributed by atoms with E-state index < -0.39 is 6.67 Å². The van der Waals surface area contributed by atoms with Gasteiger partial charge >= 0.3 is 0 Å². The molecule has 1 unspecified atom stereocenters. The summed E-state index contributed by atoms with van der Waals surface area (Å²) in [5, 5.41) is 3.31. The van der Waals surface area contributed by atoms with Crippen molar-refractivity contribution < 1.29 is 9.13 Å². The van der Waals surface area contributed by atoms with Crippen molar-refractivity contribution in [3.05, 3.63) is 29.3 Å². The van der Waals surface area contributed by atoms with Gasteiger partial charge in [-0.1, -0.05) is 6.07 Å². The third-order valence-electron chi connectivity index (χ3n) is 3.13. The number of ether oxygens (including phenoxy) is 1. The lowest BCUT2D eigenvalue weighted by Gasteiger charge is -2.25. The van der Waals surface area contributed by atoms with Crippen molar-refractivity contribution in [1.29, 1.82) is 0 Å². The van der Waals surface area contributed by atoms with Gasteiger partial charge in [0.2, 0.25) is 0 Å². The summed E-state index contributed by atoms with van der Waals surface area (Å²) in [5.74, 6) is 0.776. The largest absolute Gasteiger partial charge is 0.491 e. The van der Waals surface area contributed by atoms with Crippen molar-refractivity contribution in [2.75, 3.05) is 20.3 Å². The SMILES string of the molecule is CNC1CCCc2ccc(OCCF)cc21. The van der Waals surface area contributed by atoms with Gasteiger partial charge in [-0.2, -0.15) is 0 Å². The van der Waals surface area contributed by atoms with Gasteiger partial charge in [0.05, 0.1) is 0 Å². The Morgan fingerprint density at radius 3 is 3.12 bits per heavy atom. The maximum absolute atomic E-state index is 12.0. The first kappa shape index (κ1) is 11.4. The molecule has 0 spiro atoms. The molecule has 0 heterocycles. The molecule has 1 aromatic rings. The Balaban J connectivity index is 2.20. The first-order valence-electron chi connectivity index (χ1n) is 5.84. The van der Waals surface area contributed by atoms with Crippen LogP contribution in [0, 0.1) is 0 Å². The number of fused-ring (bicyclic) bond motifs is 1. The second kappa shape index (κ2) is 5.30. The van der Waals surface area contributed by atoms with Crippen LogP contribution in [0.15, 0.2) is 18.2 Å². The van der Waals surface area contributed by atoms with Crippen LogP contribution in [0.4, 0.5) is 4.39 Å². The summed E-state index contributed by atoms with van der Waals surface area (Å²) >= 11 is 0. The lowest BCUT2D eigenvalue weighted by molar-refractivity contribution is 0.272. The Bertz CT molecular complexity index is 354. The maximum Gasteiger partial charge on any atom is 0.123 e. The monoisotopic (exact) mass is 223 g/mol. The molecule has 0 amide bonds.